The van der Waals surface area contributed by atoms with Gasteiger partial charge < -0.3 is 9.69 Å². The number of nitrogens with zero attached hydrogens (tertiary/aromatic N) is 1. The van der Waals surface area contributed by atoms with E-state index < -0.39 is 6.04 Å². The molecular formula is C22H28N2O4. The SMILES string of the molecule is O=CCCCCCCCCc1ccc2c(c1)CN(C1CCC(=O)NC1=O)C2=O. The van der Waals surface area contributed by atoms with Gasteiger partial charge in [-0.15, -0.1) is 0 Å². The van der Waals surface area contributed by atoms with Crippen LogP contribution in [-0.4, -0.2) is 34.9 Å². The zero-order valence-electron chi connectivity index (χ0n) is 16.2. The third kappa shape index (κ3) is 4.86. The summed E-state index contributed by atoms with van der Waals surface area (Å²) in [7, 11) is 0. The molecule has 0 bridgehead atoms. The van der Waals surface area contributed by atoms with Crippen molar-refractivity contribution in [3.8, 4) is 0 Å². The molecule has 3 amide bonds. The molecule has 3 rings (SSSR count). The maximum atomic E-state index is 12.7. The number of fused-ring (bicyclic) bond motifs is 1. The minimum atomic E-state index is -0.555. The summed E-state index contributed by atoms with van der Waals surface area (Å²) >= 11 is 0. The minimum Gasteiger partial charge on any atom is -0.322 e. The molecule has 1 unspecified atom stereocenters. The van der Waals surface area contributed by atoms with Crippen molar-refractivity contribution in [3.05, 3.63) is 34.9 Å². The lowest BCUT2D eigenvalue weighted by Crippen LogP contribution is -2.52. The van der Waals surface area contributed by atoms with Crippen molar-refractivity contribution in [2.45, 2.75) is 76.8 Å². The van der Waals surface area contributed by atoms with Crippen molar-refractivity contribution in [1.82, 2.24) is 10.2 Å². The molecule has 1 fully saturated rings. The molecule has 1 aromatic rings. The fraction of sp³-hybridized carbons (Fsp3) is 0.545. The predicted molar refractivity (Wildman–Crippen MR) is 105 cm³/mol. The Balaban J connectivity index is 1.49. The van der Waals surface area contributed by atoms with Crippen LogP contribution in [0, 0.1) is 0 Å². The van der Waals surface area contributed by atoms with Gasteiger partial charge in [-0.3, -0.25) is 19.7 Å². The van der Waals surface area contributed by atoms with E-state index in [1.54, 1.807) is 4.90 Å². The number of hydrogen-bond donors (Lipinski definition) is 1. The first-order chi connectivity index (χ1) is 13.6. The van der Waals surface area contributed by atoms with Gasteiger partial charge in [-0.25, -0.2) is 0 Å². The van der Waals surface area contributed by atoms with E-state index in [1.807, 2.05) is 12.1 Å². The molecule has 0 aliphatic carbocycles. The first kappa shape index (κ1) is 20.2. The molecule has 1 aromatic carbocycles. The lowest BCUT2D eigenvalue weighted by atomic mass is 10.0. The van der Waals surface area contributed by atoms with Crippen molar-refractivity contribution in [1.29, 1.82) is 0 Å². The van der Waals surface area contributed by atoms with E-state index in [0.717, 1.165) is 37.5 Å². The summed E-state index contributed by atoms with van der Waals surface area (Å²) in [5, 5.41) is 2.33. The topological polar surface area (TPSA) is 83.6 Å². The van der Waals surface area contributed by atoms with E-state index in [0.29, 0.717) is 24.9 Å². The van der Waals surface area contributed by atoms with Gasteiger partial charge in [0.05, 0.1) is 0 Å². The predicted octanol–water partition coefficient (Wildman–Crippen LogP) is 2.92. The van der Waals surface area contributed by atoms with E-state index >= 15 is 0 Å². The Morgan fingerprint density at radius 1 is 1.04 bits per heavy atom. The molecule has 0 spiro atoms. The maximum absolute atomic E-state index is 12.7. The van der Waals surface area contributed by atoms with Gasteiger partial charge in [0.1, 0.15) is 12.3 Å². The molecule has 6 nitrogen and oxygen atoms in total. The Bertz CT molecular complexity index is 759. The van der Waals surface area contributed by atoms with E-state index in [-0.39, 0.29) is 24.1 Å². The van der Waals surface area contributed by atoms with Crippen molar-refractivity contribution >= 4 is 24.0 Å². The highest BCUT2D eigenvalue weighted by Crippen LogP contribution is 2.28. The number of carbonyl (C=O) groups is 4. The standard InChI is InChI=1S/C22H28N2O4/c25-13-7-5-3-1-2-4-6-8-16-9-10-18-17(14-16)15-24(22(18)28)19-11-12-20(26)23-21(19)27/h9-10,13-14,19H,1-8,11-12,15H2,(H,23,26,27). The molecule has 1 atom stereocenters. The van der Waals surface area contributed by atoms with Crippen LogP contribution in [0.5, 0.6) is 0 Å². The first-order valence-corrected chi connectivity index (χ1v) is 10.3. The number of unbranched alkanes of at least 4 members (excludes halogenated alkanes) is 6. The molecule has 1 N–H and O–H groups in total. The largest absolute Gasteiger partial charge is 0.322 e. The number of rotatable bonds is 10. The molecule has 150 valence electrons. The van der Waals surface area contributed by atoms with Crippen LogP contribution < -0.4 is 5.32 Å². The smallest absolute Gasteiger partial charge is 0.255 e. The van der Waals surface area contributed by atoms with Crippen molar-refractivity contribution in [2.24, 2.45) is 0 Å². The summed E-state index contributed by atoms with van der Waals surface area (Å²) in [6.07, 6.45) is 10.1. The summed E-state index contributed by atoms with van der Waals surface area (Å²) in [5.41, 5.74) is 2.86. The number of nitrogens with one attached hydrogen (secondary N) is 1. The van der Waals surface area contributed by atoms with Crippen molar-refractivity contribution in [3.63, 3.8) is 0 Å². The molecule has 0 aromatic heterocycles. The maximum Gasteiger partial charge on any atom is 0.255 e. The van der Waals surface area contributed by atoms with Crippen LogP contribution in [0.1, 0.15) is 79.3 Å². The van der Waals surface area contributed by atoms with Gasteiger partial charge >= 0.3 is 0 Å². The van der Waals surface area contributed by atoms with Crippen LogP contribution in [0.25, 0.3) is 0 Å². The highest BCUT2D eigenvalue weighted by Gasteiger charge is 2.38. The minimum absolute atomic E-state index is 0.119. The molecule has 0 radical (unpaired) electrons. The highest BCUT2D eigenvalue weighted by atomic mass is 16.2. The molecule has 2 heterocycles. The molecule has 1 saturated heterocycles. The van der Waals surface area contributed by atoms with E-state index in [9.17, 15) is 19.2 Å². The summed E-state index contributed by atoms with van der Waals surface area (Å²) in [5.74, 6) is -0.756. The van der Waals surface area contributed by atoms with Crippen LogP contribution in [-0.2, 0) is 27.3 Å². The van der Waals surface area contributed by atoms with Crippen LogP contribution in [0.3, 0.4) is 0 Å². The second kappa shape index (κ2) is 9.62. The van der Waals surface area contributed by atoms with E-state index in [1.165, 1.54) is 24.8 Å². The Morgan fingerprint density at radius 2 is 1.79 bits per heavy atom. The second-order valence-corrected chi connectivity index (χ2v) is 7.72. The number of benzene rings is 1. The second-order valence-electron chi connectivity index (χ2n) is 7.72. The van der Waals surface area contributed by atoms with Crippen LogP contribution in [0.4, 0.5) is 0 Å². The Labute approximate surface area is 165 Å². The third-order valence-electron chi connectivity index (χ3n) is 5.63. The Hall–Kier alpha value is -2.50. The number of aryl methyl sites for hydroxylation is 1. The van der Waals surface area contributed by atoms with Crippen molar-refractivity contribution in [2.75, 3.05) is 0 Å². The number of piperidine rings is 1. The van der Waals surface area contributed by atoms with Gasteiger partial charge in [0.2, 0.25) is 11.8 Å². The Morgan fingerprint density at radius 3 is 2.54 bits per heavy atom. The normalized spacial score (nSPS) is 18.9. The third-order valence-corrected chi connectivity index (χ3v) is 5.63. The zero-order chi connectivity index (χ0) is 19.9. The average molecular weight is 384 g/mol. The molecule has 2 aliphatic rings. The van der Waals surface area contributed by atoms with Gasteiger partial charge in [-0.2, -0.15) is 0 Å². The van der Waals surface area contributed by atoms with Crippen LogP contribution in [0.2, 0.25) is 0 Å². The van der Waals surface area contributed by atoms with Gasteiger partial charge in [-0.1, -0.05) is 37.8 Å². The number of carbonyl (C=O) groups excluding carboxylic acids is 4. The zero-order valence-corrected chi connectivity index (χ0v) is 16.2. The lowest BCUT2D eigenvalue weighted by molar-refractivity contribution is -0.136. The average Bonchev–Trinajstić information content (AvgIpc) is 3.00. The Kier molecular flexibility index (Phi) is 6.95. The molecule has 0 saturated carbocycles. The fourth-order valence-corrected chi connectivity index (χ4v) is 4.05. The quantitative estimate of drug-likeness (QED) is 0.382. The van der Waals surface area contributed by atoms with Gasteiger partial charge in [-0.05, 0) is 42.9 Å². The molecule has 28 heavy (non-hydrogen) atoms. The summed E-state index contributed by atoms with van der Waals surface area (Å²) in [6.45, 7) is 0.436. The van der Waals surface area contributed by atoms with Gasteiger partial charge in [0, 0.05) is 24.9 Å². The summed E-state index contributed by atoms with van der Waals surface area (Å²) < 4.78 is 0. The molecule has 6 heteroatoms. The first-order valence-electron chi connectivity index (χ1n) is 10.3. The van der Waals surface area contributed by atoms with Gasteiger partial charge in [0.25, 0.3) is 5.91 Å². The number of aldehydes is 1. The van der Waals surface area contributed by atoms with E-state index in [2.05, 4.69) is 11.4 Å². The number of amides is 3. The fourth-order valence-electron chi connectivity index (χ4n) is 4.05. The highest BCUT2D eigenvalue weighted by molar-refractivity contribution is 6.05. The van der Waals surface area contributed by atoms with Crippen LogP contribution in [0.15, 0.2) is 18.2 Å². The number of hydrogen-bond acceptors (Lipinski definition) is 4. The summed E-state index contributed by atoms with van der Waals surface area (Å²) in [4.78, 5) is 48.0. The lowest BCUT2D eigenvalue weighted by Gasteiger charge is -2.29. The van der Waals surface area contributed by atoms with E-state index in [4.69, 9.17) is 0 Å². The number of imide groups is 1. The molecule has 2 aliphatic heterocycles. The molecular weight excluding hydrogens is 356 g/mol. The van der Waals surface area contributed by atoms with Crippen molar-refractivity contribution < 1.29 is 19.2 Å². The summed E-state index contributed by atoms with van der Waals surface area (Å²) in [6, 6.07) is 5.41. The monoisotopic (exact) mass is 384 g/mol. The van der Waals surface area contributed by atoms with Gasteiger partial charge in [0.15, 0.2) is 0 Å². The van der Waals surface area contributed by atoms with Crippen LogP contribution >= 0.6 is 0 Å².